The summed E-state index contributed by atoms with van der Waals surface area (Å²) < 4.78 is 9.00. The second-order valence-corrected chi connectivity index (χ2v) is 6.24. The molecule has 0 bridgehead atoms. The Kier molecular flexibility index (Phi) is 6.01. The van der Waals surface area contributed by atoms with Gasteiger partial charge in [0.05, 0.1) is 5.41 Å². The van der Waals surface area contributed by atoms with Crippen molar-refractivity contribution in [3.05, 3.63) is 35.9 Å². The summed E-state index contributed by atoms with van der Waals surface area (Å²) in [5.41, 5.74) is 1.39. The molecular formula is C17H24BFN2O. The SMILES string of the molecule is CCN(Cc1ccccc1)C1CCC2(CC1)CNC2=O.[B]F. The Labute approximate surface area is 133 Å². The summed E-state index contributed by atoms with van der Waals surface area (Å²) in [5, 5.41) is 2.91. The molecule has 1 aliphatic heterocycles. The Morgan fingerprint density at radius 2 is 1.91 bits per heavy atom. The highest BCUT2D eigenvalue weighted by Crippen LogP contribution is 2.41. The van der Waals surface area contributed by atoms with Crippen LogP contribution in [0.3, 0.4) is 0 Å². The van der Waals surface area contributed by atoms with Gasteiger partial charge in [-0.05, 0) is 37.8 Å². The summed E-state index contributed by atoms with van der Waals surface area (Å²) >= 11 is 0. The standard InChI is InChI=1S/C17H24N2O.BF/c1-2-19(12-14-6-4-3-5-7-14)15-8-10-17(11-9-15)13-18-16(17)20;1-2/h3-7,15H,2,8-13H2,1H3,(H,18,20);. The molecule has 0 atom stereocenters. The van der Waals surface area contributed by atoms with Gasteiger partial charge in [-0.15, -0.1) is 0 Å². The molecule has 0 aromatic heterocycles. The monoisotopic (exact) mass is 302 g/mol. The molecule has 1 spiro atoms. The predicted octanol–water partition coefficient (Wildman–Crippen LogP) is 2.61. The first kappa shape index (κ1) is 17.0. The zero-order chi connectivity index (χ0) is 16.0. The topological polar surface area (TPSA) is 32.3 Å². The maximum absolute atomic E-state index is 11.7. The summed E-state index contributed by atoms with van der Waals surface area (Å²) in [6, 6.07) is 11.3. The van der Waals surface area contributed by atoms with E-state index in [0.29, 0.717) is 11.9 Å². The van der Waals surface area contributed by atoms with E-state index in [9.17, 15) is 4.79 Å². The van der Waals surface area contributed by atoms with E-state index in [-0.39, 0.29) is 5.41 Å². The minimum absolute atomic E-state index is 0.00264. The van der Waals surface area contributed by atoms with Crippen molar-refractivity contribution in [3.63, 3.8) is 0 Å². The molecule has 1 aliphatic carbocycles. The van der Waals surface area contributed by atoms with Crippen molar-refractivity contribution in [1.82, 2.24) is 10.2 Å². The third-order valence-electron chi connectivity index (χ3n) is 5.13. The lowest BCUT2D eigenvalue weighted by atomic mass is 9.67. The molecule has 2 fully saturated rings. The van der Waals surface area contributed by atoms with E-state index in [1.165, 1.54) is 5.56 Å². The predicted molar refractivity (Wildman–Crippen MR) is 87.1 cm³/mol. The molecule has 1 aromatic carbocycles. The van der Waals surface area contributed by atoms with E-state index in [1.807, 2.05) is 0 Å². The van der Waals surface area contributed by atoms with Crippen LogP contribution in [0.4, 0.5) is 4.32 Å². The second kappa shape index (κ2) is 7.77. The summed E-state index contributed by atoms with van der Waals surface area (Å²) in [7, 11) is 3.00. The molecular weight excluding hydrogens is 278 g/mol. The second-order valence-electron chi connectivity index (χ2n) is 6.24. The van der Waals surface area contributed by atoms with Crippen LogP contribution in [0.2, 0.25) is 0 Å². The molecule has 3 rings (SSSR count). The van der Waals surface area contributed by atoms with Crippen LogP contribution in [-0.4, -0.2) is 38.1 Å². The molecule has 1 saturated carbocycles. The number of nitrogens with zero attached hydrogens (tertiary/aromatic N) is 1. The van der Waals surface area contributed by atoms with Crippen LogP contribution in [0, 0.1) is 5.41 Å². The number of hydrogen-bond donors (Lipinski definition) is 1. The van der Waals surface area contributed by atoms with E-state index in [2.05, 4.69) is 55.6 Å². The average molecular weight is 302 g/mol. The highest BCUT2D eigenvalue weighted by molar-refractivity contribution is 5.96. The van der Waals surface area contributed by atoms with Crippen molar-refractivity contribution in [2.75, 3.05) is 13.1 Å². The molecule has 1 amide bonds. The van der Waals surface area contributed by atoms with Gasteiger partial charge in [-0.3, -0.25) is 9.69 Å². The van der Waals surface area contributed by atoms with Crippen molar-refractivity contribution < 1.29 is 9.11 Å². The Morgan fingerprint density at radius 3 is 2.36 bits per heavy atom. The van der Waals surface area contributed by atoms with Crippen LogP contribution in [0.25, 0.3) is 0 Å². The Bertz CT molecular complexity index is 475. The van der Waals surface area contributed by atoms with Gasteiger partial charge in [0.1, 0.15) is 0 Å². The number of β-lactam (4-membered cyclic amide) rings is 1. The minimum Gasteiger partial charge on any atom is -0.354 e. The van der Waals surface area contributed by atoms with E-state index in [4.69, 9.17) is 4.32 Å². The van der Waals surface area contributed by atoms with Gasteiger partial charge >= 0.3 is 8.12 Å². The zero-order valence-corrected chi connectivity index (χ0v) is 13.2. The normalized spacial score (nSPS) is 26.9. The van der Waals surface area contributed by atoms with E-state index in [0.717, 1.165) is 45.3 Å². The fourth-order valence-electron chi connectivity index (χ4n) is 3.65. The van der Waals surface area contributed by atoms with Gasteiger partial charge in [0, 0.05) is 19.1 Å². The smallest absolute Gasteiger partial charge is 0.350 e. The largest absolute Gasteiger partial charge is 0.354 e. The maximum Gasteiger partial charge on any atom is 0.350 e. The van der Waals surface area contributed by atoms with E-state index in [1.54, 1.807) is 0 Å². The van der Waals surface area contributed by atoms with Crippen LogP contribution < -0.4 is 5.32 Å². The Hall–Kier alpha value is -1.36. The van der Waals surface area contributed by atoms with Gasteiger partial charge in [0.2, 0.25) is 5.91 Å². The van der Waals surface area contributed by atoms with Crippen molar-refractivity contribution in [3.8, 4) is 0 Å². The molecule has 1 heterocycles. The number of carbonyl (C=O) groups is 1. The third kappa shape index (κ3) is 3.51. The van der Waals surface area contributed by atoms with Gasteiger partial charge in [-0.25, -0.2) is 0 Å². The summed E-state index contributed by atoms with van der Waals surface area (Å²) in [6.07, 6.45) is 4.45. The fraction of sp³-hybridized carbons (Fsp3) is 0.588. The van der Waals surface area contributed by atoms with Gasteiger partial charge in [-0.1, -0.05) is 37.3 Å². The molecule has 0 unspecified atom stereocenters. The quantitative estimate of drug-likeness (QED) is 0.685. The van der Waals surface area contributed by atoms with E-state index >= 15 is 0 Å². The summed E-state index contributed by atoms with van der Waals surface area (Å²) in [4.78, 5) is 14.3. The number of benzene rings is 1. The van der Waals surface area contributed by atoms with Crippen LogP contribution >= 0.6 is 0 Å². The van der Waals surface area contributed by atoms with Crippen LogP contribution in [0.5, 0.6) is 0 Å². The molecule has 5 heteroatoms. The fourth-order valence-corrected chi connectivity index (χ4v) is 3.65. The molecule has 2 aliphatic rings. The van der Waals surface area contributed by atoms with Gasteiger partial charge in [-0.2, -0.15) is 0 Å². The lowest BCUT2D eigenvalue weighted by Gasteiger charge is -2.47. The number of halogens is 1. The van der Waals surface area contributed by atoms with Crippen molar-refractivity contribution in [2.45, 2.75) is 45.2 Å². The molecule has 1 N–H and O–H groups in total. The number of hydrogen-bond acceptors (Lipinski definition) is 2. The van der Waals surface area contributed by atoms with Crippen LogP contribution in [-0.2, 0) is 11.3 Å². The lowest BCUT2D eigenvalue weighted by molar-refractivity contribution is -0.143. The minimum atomic E-state index is 0.00264. The van der Waals surface area contributed by atoms with Crippen molar-refractivity contribution in [2.24, 2.45) is 5.41 Å². The lowest BCUT2D eigenvalue weighted by Crippen LogP contribution is -2.61. The van der Waals surface area contributed by atoms with Gasteiger partial charge < -0.3 is 9.63 Å². The Balaban J connectivity index is 0.000000847. The van der Waals surface area contributed by atoms with Gasteiger partial charge in [0.25, 0.3) is 0 Å². The summed E-state index contributed by atoms with van der Waals surface area (Å²) in [5.74, 6) is 0.294. The highest BCUT2D eigenvalue weighted by Gasteiger charge is 2.48. The molecule has 118 valence electrons. The first-order valence-electron chi connectivity index (χ1n) is 8.02. The van der Waals surface area contributed by atoms with Crippen LogP contribution in [0.15, 0.2) is 30.3 Å². The molecule has 22 heavy (non-hydrogen) atoms. The van der Waals surface area contributed by atoms with Crippen molar-refractivity contribution >= 4 is 14.0 Å². The molecule has 1 aromatic rings. The number of amides is 1. The molecule has 1 saturated heterocycles. The van der Waals surface area contributed by atoms with Crippen LogP contribution in [0.1, 0.15) is 38.2 Å². The maximum atomic E-state index is 11.7. The first-order valence-corrected chi connectivity index (χ1v) is 8.02. The number of nitrogens with one attached hydrogen (secondary N) is 1. The third-order valence-corrected chi connectivity index (χ3v) is 5.13. The molecule has 3 nitrogen and oxygen atoms in total. The van der Waals surface area contributed by atoms with Gasteiger partial charge in [0.15, 0.2) is 0 Å². The zero-order valence-electron chi connectivity index (χ0n) is 13.2. The summed E-state index contributed by atoms with van der Waals surface area (Å²) in [6.45, 7) is 5.26. The average Bonchev–Trinajstić information content (AvgIpc) is 2.61. The van der Waals surface area contributed by atoms with Crippen molar-refractivity contribution in [1.29, 1.82) is 0 Å². The highest BCUT2D eigenvalue weighted by atomic mass is 19.1. The Morgan fingerprint density at radius 1 is 1.27 bits per heavy atom. The first-order chi connectivity index (χ1) is 10.7. The number of rotatable bonds is 4. The van der Waals surface area contributed by atoms with E-state index < -0.39 is 0 Å². The number of carbonyl (C=O) groups excluding carboxylic acids is 1. The molecule has 2 radical (unpaired) electrons.